The van der Waals surface area contributed by atoms with E-state index >= 15 is 0 Å². The van der Waals surface area contributed by atoms with Crippen molar-refractivity contribution in [3.8, 4) is 0 Å². The second-order valence-electron chi connectivity index (χ2n) is 4.45. The molecule has 3 heteroatoms. The van der Waals surface area contributed by atoms with Crippen LogP contribution >= 0.6 is 0 Å². The second-order valence-corrected chi connectivity index (χ2v) is 4.45. The van der Waals surface area contributed by atoms with Crippen LogP contribution in [-0.4, -0.2) is 23.9 Å². The fraction of sp³-hybridized carbons (Fsp3) is 0.500. The number of amides is 1. The average molecular weight is 234 g/mol. The lowest BCUT2D eigenvalue weighted by molar-refractivity contribution is -0.136. The third kappa shape index (κ3) is 3.07. The molecule has 3 nitrogen and oxygen atoms in total. The van der Waals surface area contributed by atoms with Gasteiger partial charge in [-0.15, -0.1) is 0 Å². The fourth-order valence-electron chi connectivity index (χ4n) is 1.91. The Morgan fingerprint density at radius 1 is 1.29 bits per heavy atom. The summed E-state index contributed by atoms with van der Waals surface area (Å²) in [4.78, 5) is 14.2. The minimum atomic E-state index is -0.938. The van der Waals surface area contributed by atoms with E-state index in [2.05, 4.69) is 6.92 Å². The van der Waals surface area contributed by atoms with Gasteiger partial charge in [0.25, 0.3) is 0 Å². The van der Waals surface area contributed by atoms with Gasteiger partial charge in [-0.1, -0.05) is 37.3 Å². The van der Waals surface area contributed by atoms with Crippen LogP contribution in [0.2, 0.25) is 0 Å². The van der Waals surface area contributed by atoms with Crippen LogP contribution in [0.1, 0.15) is 32.8 Å². The van der Waals surface area contributed by atoms with Gasteiger partial charge in [-0.2, -0.15) is 0 Å². The first-order chi connectivity index (χ1) is 8.04. The van der Waals surface area contributed by atoms with Gasteiger partial charge < -0.3 is 10.6 Å². The van der Waals surface area contributed by atoms with Crippen LogP contribution < -0.4 is 5.73 Å². The zero-order chi connectivity index (χ0) is 12.9. The van der Waals surface area contributed by atoms with Crippen LogP contribution in [-0.2, 0) is 10.3 Å². The Kier molecular flexibility index (Phi) is 4.70. The topological polar surface area (TPSA) is 46.3 Å². The lowest BCUT2D eigenvalue weighted by Gasteiger charge is -2.31. The number of nitrogens with two attached hydrogens (primary N) is 1. The Morgan fingerprint density at radius 2 is 1.88 bits per heavy atom. The summed E-state index contributed by atoms with van der Waals surface area (Å²) in [5.74, 6) is -0.00644. The molecule has 0 aliphatic carbocycles. The van der Waals surface area contributed by atoms with E-state index in [1.54, 1.807) is 6.92 Å². The van der Waals surface area contributed by atoms with Gasteiger partial charge in [0.1, 0.15) is 5.54 Å². The molecule has 0 aliphatic heterocycles. The Morgan fingerprint density at radius 3 is 2.35 bits per heavy atom. The monoisotopic (exact) mass is 234 g/mol. The molecule has 1 amide bonds. The van der Waals surface area contributed by atoms with Gasteiger partial charge in [0.15, 0.2) is 0 Å². The number of hydrogen-bond acceptors (Lipinski definition) is 2. The van der Waals surface area contributed by atoms with Crippen molar-refractivity contribution < 1.29 is 4.79 Å². The number of likely N-dealkylation sites (N-methyl/N-ethyl adjacent to an activating group) is 1. The summed E-state index contributed by atoms with van der Waals surface area (Å²) in [5.41, 5.74) is 6.12. The predicted octanol–water partition coefficient (Wildman–Crippen LogP) is 2.12. The van der Waals surface area contributed by atoms with Gasteiger partial charge in [0, 0.05) is 13.1 Å². The number of benzene rings is 1. The largest absolute Gasteiger partial charge is 0.341 e. The van der Waals surface area contributed by atoms with Crippen LogP contribution in [0.25, 0.3) is 0 Å². The molecule has 94 valence electrons. The number of nitrogens with zero attached hydrogens (tertiary/aromatic N) is 1. The van der Waals surface area contributed by atoms with Gasteiger partial charge in [-0.25, -0.2) is 0 Å². The van der Waals surface area contributed by atoms with E-state index in [1.807, 2.05) is 42.2 Å². The first kappa shape index (κ1) is 13.7. The zero-order valence-electron chi connectivity index (χ0n) is 10.9. The molecule has 0 aliphatic rings. The van der Waals surface area contributed by atoms with Gasteiger partial charge >= 0.3 is 0 Å². The van der Waals surface area contributed by atoms with Crippen LogP contribution in [0.5, 0.6) is 0 Å². The fourth-order valence-corrected chi connectivity index (χ4v) is 1.91. The number of carbonyl (C=O) groups excluding carboxylic acids is 1. The highest BCUT2D eigenvalue weighted by Crippen LogP contribution is 2.20. The Bertz CT molecular complexity index is 360. The van der Waals surface area contributed by atoms with Crippen molar-refractivity contribution >= 4 is 5.91 Å². The third-order valence-corrected chi connectivity index (χ3v) is 2.98. The average Bonchev–Trinajstić information content (AvgIpc) is 2.36. The van der Waals surface area contributed by atoms with Crippen LogP contribution in [0.15, 0.2) is 30.3 Å². The standard InChI is InChI=1S/C14H22N2O/c1-4-11-16(5-2)13(17)14(3,15)12-9-7-6-8-10-12/h6-10H,4-5,11,15H2,1-3H3. The normalized spacial score (nSPS) is 14.1. The minimum absolute atomic E-state index is 0.00644. The maximum atomic E-state index is 12.4. The first-order valence-electron chi connectivity index (χ1n) is 6.17. The summed E-state index contributed by atoms with van der Waals surface area (Å²) in [6, 6.07) is 9.54. The van der Waals surface area contributed by atoms with E-state index in [9.17, 15) is 4.79 Å². The molecule has 1 atom stereocenters. The summed E-state index contributed by atoms with van der Waals surface area (Å²) in [7, 11) is 0. The second kappa shape index (κ2) is 5.82. The number of carbonyl (C=O) groups is 1. The summed E-state index contributed by atoms with van der Waals surface area (Å²) >= 11 is 0. The Hall–Kier alpha value is -1.35. The van der Waals surface area contributed by atoms with Crippen molar-refractivity contribution in [1.29, 1.82) is 0 Å². The molecule has 0 fully saturated rings. The highest BCUT2D eigenvalue weighted by molar-refractivity contribution is 5.87. The maximum absolute atomic E-state index is 12.4. The highest BCUT2D eigenvalue weighted by Gasteiger charge is 2.33. The van der Waals surface area contributed by atoms with E-state index in [4.69, 9.17) is 5.73 Å². The van der Waals surface area contributed by atoms with Crippen LogP contribution in [0.3, 0.4) is 0 Å². The number of rotatable bonds is 5. The van der Waals surface area contributed by atoms with Crippen molar-refractivity contribution in [3.63, 3.8) is 0 Å². The summed E-state index contributed by atoms with van der Waals surface area (Å²) in [6.45, 7) is 7.28. The first-order valence-corrected chi connectivity index (χ1v) is 6.17. The van der Waals surface area contributed by atoms with E-state index in [1.165, 1.54) is 0 Å². The molecule has 0 saturated carbocycles. The molecule has 0 aromatic heterocycles. The van der Waals surface area contributed by atoms with E-state index in [0.29, 0.717) is 6.54 Å². The predicted molar refractivity (Wildman–Crippen MR) is 70.5 cm³/mol. The summed E-state index contributed by atoms with van der Waals surface area (Å²) < 4.78 is 0. The van der Waals surface area contributed by atoms with Gasteiger partial charge in [-0.3, -0.25) is 4.79 Å². The molecule has 0 radical (unpaired) electrons. The molecular formula is C14H22N2O. The van der Waals surface area contributed by atoms with Crippen molar-refractivity contribution in [3.05, 3.63) is 35.9 Å². The lowest BCUT2D eigenvalue weighted by Crippen LogP contribution is -2.51. The van der Waals surface area contributed by atoms with Crippen LogP contribution in [0, 0.1) is 0 Å². The SMILES string of the molecule is CCCN(CC)C(=O)C(C)(N)c1ccccc1. The molecule has 0 bridgehead atoms. The quantitative estimate of drug-likeness (QED) is 0.848. The molecule has 1 aromatic carbocycles. The molecule has 0 saturated heterocycles. The Balaban J connectivity index is 2.93. The molecule has 1 aromatic rings. The van der Waals surface area contributed by atoms with Crippen molar-refractivity contribution in [1.82, 2.24) is 4.90 Å². The van der Waals surface area contributed by atoms with E-state index in [0.717, 1.165) is 18.5 Å². The molecule has 0 heterocycles. The van der Waals surface area contributed by atoms with Crippen molar-refractivity contribution in [2.45, 2.75) is 32.7 Å². The minimum Gasteiger partial charge on any atom is -0.341 e. The van der Waals surface area contributed by atoms with Gasteiger partial charge in [0.2, 0.25) is 5.91 Å². The Labute approximate surface area is 104 Å². The van der Waals surface area contributed by atoms with Crippen molar-refractivity contribution in [2.75, 3.05) is 13.1 Å². The summed E-state index contributed by atoms with van der Waals surface area (Å²) in [5, 5.41) is 0. The summed E-state index contributed by atoms with van der Waals surface area (Å²) in [6.07, 6.45) is 0.949. The van der Waals surface area contributed by atoms with Crippen LogP contribution in [0.4, 0.5) is 0 Å². The maximum Gasteiger partial charge on any atom is 0.246 e. The molecule has 2 N–H and O–H groups in total. The smallest absolute Gasteiger partial charge is 0.246 e. The molecular weight excluding hydrogens is 212 g/mol. The lowest BCUT2D eigenvalue weighted by atomic mass is 9.91. The van der Waals surface area contributed by atoms with E-state index in [-0.39, 0.29) is 5.91 Å². The molecule has 17 heavy (non-hydrogen) atoms. The zero-order valence-corrected chi connectivity index (χ0v) is 10.9. The van der Waals surface area contributed by atoms with Gasteiger partial charge in [-0.05, 0) is 25.8 Å². The number of hydrogen-bond donors (Lipinski definition) is 1. The molecule has 1 unspecified atom stereocenters. The van der Waals surface area contributed by atoms with Gasteiger partial charge in [0.05, 0.1) is 0 Å². The third-order valence-electron chi connectivity index (χ3n) is 2.98. The highest BCUT2D eigenvalue weighted by atomic mass is 16.2. The van der Waals surface area contributed by atoms with E-state index < -0.39 is 5.54 Å². The van der Waals surface area contributed by atoms with Crippen molar-refractivity contribution in [2.24, 2.45) is 5.73 Å². The molecule has 1 rings (SSSR count). The molecule has 0 spiro atoms.